The van der Waals surface area contributed by atoms with E-state index in [1.807, 2.05) is 29.2 Å². The minimum atomic E-state index is -0.127. The molecule has 1 atom stereocenters. The van der Waals surface area contributed by atoms with Gasteiger partial charge in [0.1, 0.15) is 0 Å². The minimum Gasteiger partial charge on any atom is -0.352 e. The number of carbonyl (C=O) groups is 2. The van der Waals surface area contributed by atoms with Gasteiger partial charge in [0.25, 0.3) is 11.8 Å². The van der Waals surface area contributed by atoms with Gasteiger partial charge in [-0.2, -0.15) is 0 Å². The Bertz CT molecular complexity index is 802. The summed E-state index contributed by atoms with van der Waals surface area (Å²) >= 11 is 5.88. The second-order valence-electron chi connectivity index (χ2n) is 7.27. The van der Waals surface area contributed by atoms with Crippen LogP contribution in [0, 0.1) is 0 Å². The third-order valence-corrected chi connectivity index (χ3v) is 5.62. The molecule has 0 aromatic heterocycles. The van der Waals surface area contributed by atoms with Crippen molar-refractivity contribution >= 4 is 23.4 Å². The normalized spacial score (nSPS) is 16.6. The third kappa shape index (κ3) is 5.14. The number of piperidine rings is 1. The third-order valence-electron chi connectivity index (χ3n) is 5.37. The van der Waals surface area contributed by atoms with Crippen LogP contribution < -0.4 is 5.32 Å². The van der Waals surface area contributed by atoms with E-state index in [2.05, 4.69) is 12.2 Å². The maximum Gasteiger partial charge on any atom is 0.254 e. The average molecular weight is 399 g/mol. The van der Waals surface area contributed by atoms with Crippen LogP contribution in [0.3, 0.4) is 0 Å². The second kappa shape index (κ2) is 9.74. The van der Waals surface area contributed by atoms with Gasteiger partial charge in [0.2, 0.25) is 0 Å². The topological polar surface area (TPSA) is 49.4 Å². The molecule has 1 unspecified atom stereocenters. The highest BCUT2D eigenvalue weighted by atomic mass is 35.5. The van der Waals surface area contributed by atoms with Crippen molar-refractivity contribution in [2.45, 2.75) is 45.1 Å². The molecule has 0 saturated carbocycles. The van der Waals surface area contributed by atoms with Crippen LogP contribution in [0.4, 0.5) is 0 Å². The van der Waals surface area contributed by atoms with E-state index in [1.165, 1.54) is 6.42 Å². The maximum atomic E-state index is 12.8. The Hall–Kier alpha value is -2.33. The van der Waals surface area contributed by atoms with Crippen molar-refractivity contribution < 1.29 is 9.59 Å². The first-order valence-corrected chi connectivity index (χ1v) is 10.4. The van der Waals surface area contributed by atoms with Gasteiger partial charge in [0.15, 0.2) is 0 Å². The van der Waals surface area contributed by atoms with Crippen LogP contribution in [0.2, 0.25) is 5.02 Å². The molecule has 0 spiro atoms. The van der Waals surface area contributed by atoms with Crippen LogP contribution in [0.1, 0.15) is 58.9 Å². The molecule has 0 bridgehead atoms. The minimum absolute atomic E-state index is 0.0706. The summed E-state index contributed by atoms with van der Waals surface area (Å²) in [6, 6.07) is 14.9. The van der Waals surface area contributed by atoms with Gasteiger partial charge in [-0.3, -0.25) is 9.59 Å². The van der Waals surface area contributed by atoms with Crippen molar-refractivity contribution in [2.24, 2.45) is 0 Å². The van der Waals surface area contributed by atoms with Crippen molar-refractivity contribution in [1.82, 2.24) is 10.2 Å². The van der Waals surface area contributed by atoms with Crippen molar-refractivity contribution in [2.75, 3.05) is 13.1 Å². The van der Waals surface area contributed by atoms with Crippen molar-refractivity contribution in [3.8, 4) is 0 Å². The average Bonchev–Trinajstić information content (AvgIpc) is 2.74. The van der Waals surface area contributed by atoms with E-state index in [1.54, 1.807) is 24.3 Å². The number of nitrogens with one attached hydrogen (secondary N) is 1. The summed E-state index contributed by atoms with van der Waals surface area (Å²) in [4.78, 5) is 27.2. The highest BCUT2D eigenvalue weighted by molar-refractivity contribution is 6.30. The van der Waals surface area contributed by atoms with Gasteiger partial charge in [0, 0.05) is 35.3 Å². The summed E-state index contributed by atoms with van der Waals surface area (Å²) in [5, 5.41) is 3.63. The fraction of sp³-hybridized carbons (Fsp3) is 0.391. The smallest absolute Gasteiger partial charge is 0.254 e. The highest BCUT2D eigenvalue weighted by Gasteiger charge is 2.26. The quantitative estimate of drug-likeness (QED) is 0.765. The molecular formula is C23H27ClN2O2. The molecule has 2 aromatic rings. The van der Waals surface area contributed by atoms with E-state index in [4.69, 9.17) is 11.6 Å². The van der Waals surface area contributed by atoms with Crippen LogP contribution in [0.5, 0.6) is 0 Å². The number of benzene rings is 2. The Morgan fingerprint density at radius 2 is 1.71 bits per heavy atom. The molecule has 2 aromatic carbocycles. The summed E-state index contributed by atoms with van der Waals surface area (Å²) in [5.41, 5.74) is 2.34. The maximum absolute atomic E-state index is 12.8. The Labute approximate surface area is 171 Å². The van der Waals surface area contributed by atoms with Gasteiger partial charge in [-0.25, -0.2) is 0 Å². The number of likely N-dealkylation sites (tertiary alicyclic amines) is 1. The van der Waals surface area contributed by atoms with Gasteiger partial charge >= 0.3 is 0 Å². The van der Waals surface area contributed by atoms with Crippen molar-refractivity contribution in [3.63, 3.8) is 0 Å². The van der Waals surface area contributed by atoms with E-state index in [-0.39, 0.29) is 11.8 Å². The standard InChI is InChI=1S/C23H27ClN2O2/c1-2-21-5-3-4-16-26(21)23(28)19-10-8-18(9-11-19)22(27)25-15-14-17-6-12-20(24)13-7-17/h6-13,21H,2-5,14-16H2,1H3,(H,25,27). The molecule has 1 aliphatic rings. The molecule has 0 aliphatic carbocycles. The monoisotopic (exact) mass is 398 g/mol. The fourth-order valence-corrected chi connectivity index (χ4v) is 3.82. The Kier molecular flexibility index (Phi) is 7.10. The molecule has 1 aliphatic heterocycles. The SMILES string of the molecule is CCC1CCCCN1C(=O)c1ccc(C(=O)NCCc2ccc(Cl)cc2)cc1. The molecule has 1 heterocycles. The lowest BCUT2D eigenvalue weighted by Gasteiger charge is -2.35. The van der Waals surface area contributed by atoms with Crippen LogP contribution in [-0.2, 0) is 6.42 Å². The summed E-state index contributed by atoms with van der Waals surface area (Å²) < 4.78 is 0. The molecule has 5 heteroatoms. The molecular weight excluding hydrogens is 372 g/mol. The number of amides is 2. The Morgan fingerprint density at radius 3 is 2.39 bits per heavy atom. The molecule has 28 heavy (non-hydrogen) atoms. The number of halogens is 1. The van der Waals surface area contributed by atoms with E-state index in [0.717, 1.165) is 37.8 Å². The van der Waals surface area contributed by atoms with Crippen LogP contribution in [-0.4, -0.2) is 35.8 Å². The summed E-state index contributed by atoms with van der Waals surface area (Å²) in [6.07, 6.45) is 5.07. The molecule has 2 amide bonds. The van der Waals surface area contributed by atoms with Crippen molar-refractivity contribution in [1.29, 1.82) is 0 Å². The summed E-state index contributed by atoms with van der Waals surface area (Å²) in [7, 11) is 0. The fourth-order valence-electron chi connectivity index (χ4n) is 3.70. The lowest BCUT2D eigenvalue weighted by Crippen LogP contribution is -2.43. The Balaban J connectivity index is 1.54. The first kappa shape index (κ1) is 20.4. The molecule has 3 rings (SSSR count). The lowest BCUT2D eigenvalue weighted by molar-refractivity contribution is 0.0607. The van der Waals surface area contributed by atoms with E-state index >= 15 is 0 Å². The number of rotatable bonds is 6. The lowest BCUT2D eigenvalue weighted by atomic mass is 9.98. The van der Waals surface area contributed by atoms with Gasteiger partial charge < -0.3 is 10.2 Å². The molecule has 1 fully saturated rings. The molecule has 148 valence electrons. The van der Waals surface area contributed by atoms with Crippen LogP contribution >= 0.6 is 11.6 Å². The van der Waals surface area contributed by atoms with E-state index in [0.29, 0.717) is 28.7 Å². The van der Waals surface area contributed by atoms with Gasteiger partial charge in [-0.15, -0.1) is 0 Å². The largest absolute Gasteiger partial charge is 0.352 e. The van der Waals surface area contributed by atoms with Crippen molar-refractivity contribution in [3.05, 3.63) is 70.2 Å². The zero-order chi connectivity index (χ0) is 19.9. The van der Waals surface area contributed by atoms with Gasteiger partial charge in [-0.05, 0) is 74.1 Å². The number of hydrogen-bond donors (Lipinski definition) is 1. The van der Waals surface area contributed by atoms with E-state index < -0.39 is 0 Å². The molecule has 1 saturated heterocycles. The van der Waals surface area contributed by atoms with Gasteiger partial charge in [0.05, 0.1) is 0 Å². The molecule has 4 nitrogen and oxygen atoms in total. The van der Waals surface area contributed by atoms with Gasteiger partial charge in [-0.1, -0.05) is 30.7 Å². The van der Waals surface area contributed by atoms with Crippen LogP contribution in [0.15, 0.2) is 48.5 Å². The zero-order valence-corrected chi connectivity index (χ0v) is 17.0. The highest BCUT2D eigenvalue weighted by Crippen LogP contribution is 2.22. The first-order chi connectivity index (χ1) is 13.6. The molecule has 0 radical (unpaired) electrons. The predicted molar refractivity (Wildman–Crippen MR) is 113 cm³/mol. The number of hydrogen-bond acceptors (Lipinski definition) is 2. The van der Waals surface area contributed by atoms with Crippen LogP contribution in [0.25, 0.3) is 0 Å². The first-order valence-electron chi connectivity index (χ1n) is 10.0. The number of carbonyl (C=O) groups excluding carboxylic acids is 2. The Morgan fingerprint density at radius 1 is 1.04 bits per heavy atom. The summed E-state index contributed by atoms with van der Waals surface area (Å²) in [6.45, 7) is 3.51. The molecule has 1 N–H and O–H groups in total. The zero-order valence-electron chi connectivity index (χ0n) is 16.3. The predicted octanol–water partition coefficient (Wildman–Crippen LogP) is 4.72. The van der Waals surface area contributed by atoms with E-state index in [9.17, 15) is 9.59 Å². The number of nitrogens with zero attached hydrogens (tertiary/aromatic N) is 1. The summed E-state index contributed by atoms with van der Waals surface area (Å²) in [5.74, 6) is -0.0568. The second-order valence-corrected chi connectivity index (χ2v) is 7.70.